The molecule has 1 fully saturated rings. The normalized spacial score (nSPS) is 17.5. The molecule has 0 amide bonds. The van der Waals surface area contributed by atoms with Gasteiger partial charge >= 0.3 is 0 Å². The van der Waals surface area contributed by atoms with Crippen LogP contribution in [0.1, 0.15) is 18.4 Å². The van der Waals surface area contributed by atoms with Crippen molar-refractivity contribution in [3.05, 3.63) is 22.8 Å². The quantitative estimate of drug-likeness (QED) is 0.797. The van der Waals surface area contributed by atoms with Gasteiger partial charge in [-0.2, -0.15) is 0 Å². The molecule has 1 aliphatic carbocycles. The number of aromatic nitrogens is 1. The fraction of sp³-hybridized carbons (Fsp3) is 0.500. The summed E-state index contributed by atoms with van der Waals surface area (Å²) in [5.41, 5.74) is 0.824. The first kappa shape index (κ1) is 10.7. The van der Waals surface area contributed by atoms with Gasteiger partial charge in [-0.15, -0.1) is 0 Å². The number of ether oxygens (including phenoxy) is 1. The molecule has 0 aliphatic heterocycles. The van der Waals surface area contributed by atoms with Crippen LogP contribution in [0.5, 0.6) is 5.88 Å². The van der Waals surface area contributed by atoms with E-state index in [1.807, 2.05) is 0 Å². The highest BCUT2D eigenvalue weighted by Crippen LogP contribution is 2.53. The maximum atomic E-state index is 6.15. The topological polar surface area (TPSA) is 57.4 Å². The molecule has 1 aromatic rings. The van der Waals surface area contributed by atoms with Crippen molar-refractivity contribution >= 4 is 11.6 Å². The zero-order chi connectivity index (χ0) is 10.9. The summed E-state index contributed by atoms with van der Waals surface area (Å²) < 4.78 is 5.21. The summed E-state index contributed by atoms with van der Waals surface area (Å²) >= 11 is 6.15. The van der Waals surface area contributed by atoms with Crippen LogP contribution in [0.15, 0.2) is 12.3 Å². The van der Waals surface area contributed by atoms with E-state index >= 15 is 0 Å². The predicted molar refractivity (Wildman–Crippen MR) is 56.9 cm³/mol. The second-order valence-corrected chi connectivity index (χ2v) is 4.18. The van der Waals surface area contributed by atoms with Gasteiger partial charge in [0.2, 0.25) is 5.88 Å². The van der Waals surface area contributed by atoms with E-state index in [1.165, 1.54) is 0 Å². The summed E-state index contributed by atoms with van der Waals surface area (Å²) in [4.78, 5) is 8.88. The van der Waals surface area contributed by atoms with Crippen molar-refractivity contribution in [2.24, 2.45) is 5.90 Å². The van der Waals surface area contributed by atoms with Crippen molar-refractivity contribution in [3.8, 4) is 5.88 Å². The molecule has 0 spiro atoms. The van der Waals surface area contributed by atoms with Crippen LogP contribution < -0.4 is 10.6 Å². The summed E-state index contributed by atoms with van der Waals surface area (Å²) in [5.74, 6) is 5.70. The molecule has 1 heterocycles. The van der Waals surface area contributed by atoms with E-state index in [4.69, 9.17) is 27.1 Å². The lowest BCUT2D eigenvalue weighted by Gasteiger charge is -2.17. The summed E-state index contributed by atoms with van der Waals surface area (Å²) in [6.07, 6.45) is 3.64. The van der Waals surface area contributed by atoms with E-state index in [1.54, 1.807) is 19.4 Å². The summed E-state index contributed by atoms with van der Waals surface area (Å²) in [6.45, 7) is 0.453. The van der Waals surface area contributed by atoms with Gasteiger partial charge in [-0.1, -0.05) is 11.6 Å². The van der Waals surface area contributed by atoms with Gasteiger partial charge in [0.15, 0.2) is 0 Å². The van der Waals surface area contributed by atoms with Gasteiger partial charge in [0.05, 0.1) is 18.7 Å². The first-order valence-electron chi connectivity index (χ1n) is 4.74. The average Bonchev–Trinajstić information content (AvgIpc) is 2.98. The molecule has 0 atom stereocenters. The Balaban J connectivity index is 2.42. The second kappa shape index (κ2) is 3.96. The number of methoxy groups -OCH3 is 1. The maximum Gasteiger partial charge on any atom is 0.218 e. The third kappa shape index (κ3) is 1.80. The molecule has 15 heavy (non-hydrogen) atoms. The van der Waals surface area contributed by atoms with Crippen molar-refractivity contribution in [1.82, 2.24) is 4.98 Å². The highest BCUT2D eigenvalue weighted by molar-refractivity contribution is 6.31. The van der Waals surface area contributed by atoms with Crippen molar-refractivity contribution in [1.29, 1.82) is 0 Å². The Hall–Kier alpha value is -0.840. The zero-order valence-corrected chi connectivity index (χ0v) is 9.25. The van der Waals surface area contributed by atoms with E-state index in [0.717, 1.165) is 18.4 Å². The number of halogens is 1. The fourth-order valence-electron chi connectivity index (χ4n) is 1.83. The van der Waals surface area contributed by atoms with E-state index < -0.39 is 0 Å². The summed E-state index contributed by atoms with van der Waals surface area (Å²) in [6, 6.07) is 1.76. The minimum absolute atomic E-state index is 0.0918. The van der Waals surface area contributed by atoms with Gasteiger partial charge in [0.25, 0.3) is 0 Å². The van der Waals surface area contributed by atoms with Gasteiger partial charge in [-0.3, -0.25) is 0 Å². The molecule has 1 aliphatic rings. The lowest BCUT2D eigenvalue weighted by atomic mass is 9.98. The van der Waals surface area contributed by atoms with Crippen molar-refractivity contribution < 1.29 is 9.57 Å². The highest BCUT2D eigenvalue weighted by Gasteiger charge is 2.48. The molecule has 0 bridgehead atoms. The SMILES string of the molecule is COc1nccc(Cl)c1C1(CON)CC1. The van der Waals surface area contributed by atoms with Crippen LogP contribution in [0, 0.1) is 0 Å². The smallest absolute Gasteiger partial charge is 0.218 e. The number of nitrogens with zero attached hydrogens (tertiary/aromatic N) is 1. The first-order chi connectivity index (χ1) is 7.23. The third-order valence-corrected chi connectivity index (χ3v) is 3.12. The van der Waals surface area contributed by atoms with E-state index in [2.05, 4.69) is 4.98 Å². The van der Waals surface area contributed by atoms with Gasteiger partial charge in [-0.05, 0) is 18.9 Å². The Morgan fingerprint density at radius 1 is 1.60 bits per heavy atom. The third-order valence-electron chi connectivity index (χ3n) is 2.80. The predicted octanol–water partition coefficient (Wildman–Crippen LogP) is 1.67. The molecule has 0 saturated heterocycles. The molecular formula is C10H13ClN2O2. The average molecular weight is 229 g/mol. The molecule has 0 radical (unpaired) electrons. The van der Waals surface area contributed by atoms with E-state index in [9.17, 15) is 0 Å². The number of hydrogen-bond donors (Lipinski definition) is 1. The molecule has 5 heteroatoms. The first-order valence-corrected chi connectivity index (χ1v) is 5.12. The van der Waals surface area contributed by atoms with Gasteiger partial charge in [-0.25, -0.2) is 10.9 Å². The van der Waals surface area contributed by atoms with Gasteiger partial charge < -0.3 is 9.57 Å². The molecule has 1 saturated carbocycles. The van der Waals surface area contributed by atoms with Crippen LogP contribution in [0.25, 0.3) is 0 Å². The van der Waals surface area contributed by atoms with E-state index in [-0.39, 0.29) is 5.41 Å². The van der Waals surface area contributed by atoms with Gasteiger partial charge in [0, 0.05) is 17.2 Å². The fourth-order valence-corrected chi connectivity index (χ4v) is 2.17. The van der Waals surface area contributed by atoms with Crippen LogP contribution in [-0.4, -0.2) is 18.7 Å². The highest BCUT2D eigenvalue weighted by atomic mass is 35.5. The van der Waals surface area contributed by atoms with Gasteiger partial charge in [0.1, 0.15) is 0 Å². The number of rotatable bonds is 4. The standard InChI is InChI=1S/C10H13ClN2O2/c1-14-9-8(7(11)2-5-13-9)10(3-4-10)6-15-12/h2,5H,3-4,6,12H2,1H3. The van der Waals surface area contributed by atoms with Crippen molar-refractivity contribution in [3.63, 3.8) is 0 Å². The Labute approximate surface area is 93.3 Å². The molecular weight excluding hydrogens is 216 g/mol. The van der Waals surface area contributed by atoms with Crippen molar-refractivity contribution in [2.45, 2.75) is 18.3 Å². The van der Waals surface area contributed by atoms with E-state index in [0.29, 0.717) is 17.5 Å². The minimum Gasteiger partial charge on any atom is -0.481 e. The molecule has 2 rings (SSSR count). The van der Waals surface area contributed by atoms with Crippen LogP contribution >= 0.6 is 11.6 Å². The summed E-state index contributed by atoms with van der Waals surface area (Å²) in [7, 11) is 1.58. The van der Waals surface area contributed by atoms with Crippen LogP contribution in [-0.2, 0) is 10.3 Å². The number of hydrogen-bond acceptors (Lipinski definition) is 4. The van der Waals surface area contributed by atoms with Crippen LogP contribution in [0.4, 0.5) is 0 Å². The second-order valence-electron chi connectivity index (χ2n) is 3.77. The molecule has 2 N–H and O–H groups in total. The number of pyridine rings is 1. The Kier molecular flexibility index (Phi) is 2.82. The zero-order valence-electron chi connectivity index (χ0n) is 8.50. The molecule has 0 aromatic carbocycles. The molecule has 0 unspecified atom stereocenters. The van der Waals surface area contributed by atoms with Crippen molar-refractivity contribution in [2.75, 3.05) is 13.7 Å². The largest absolute Gasteiger partial charge is 0.481 e. The Morgan fingerprint density at radius 2 is 2.33 bits per heavy atom. The van der Waals surface area contributed by atoms with Crippen LogP contribution in [0.2, 0.25) is 5.02 Å². The lowest BCUT2D eigenvalue weighted by Crippen LogP contribution is -2.19. The number of nitrogens with two attached hydrogens (primary N) is 1. The Morgan fingerprint density at radius 3 is 2.87 bits per heavy atom. The molecule has 1 aromatic heterocycles. The summed E-state index contributed by atoms with van der Waals surface area (Å²) in [5, 5.41) is 0.663. The Bertz CT molecular complexity index is 366. The molecule has 4 nitrogen and oxygen atoms in total. The maximum absolute atomic E-state index is 6.15. The van der Waals surface area contributed by atoms with Crippen LogP contribution in [0.3, 0.4) is 0 Å². The molecule has 82 valence electrons. The lowest BCUT2D eigenvalue weighted by molar-refractivity contribution is 0.115. The minimum atomic E-state index is -0.0918. The monoisotopic (exact) mass is 228 g/mol.